The SMILES string of the molecule is CC#CC(=O)N1CC[C@H](n2cc(-c3ccc(Oc4ccccc4)cc3)c3c(N)nc(N)nc32)C1. The number of hydrogen-bond donors (Lipinski definition) is 2. The van der Waals surface area contributed by atoms with Gasteiger partial charge in [0.05, 0.1) is 11.4 Å². The van der Waals surface area contributed by atoms with Crippen LogP contribution in [0.5, 0.6) is 11.5 Å². The van der Waals surface area contributed by atoms with Gasteiger partial charge in [0, 0.05) is 24.8 Å². The molecule has 0 spiro atoms. The fourth-order valence-electron chi connectivity index (χ4n) is 4.36. The van der Waals surface area contributed by atoms with Crippen LogP contribution in [0.2, 0.25) is 0 Å². The fourth-order valence-corrected chi connectivity index (χ4v) is 4.36. The van der Waals surface area contributed by atoms with Gasteiger partial charge in [-0.15, -0.1) is 0 Å². The number of likely N-dealkylation sites (tertiary alicyclic amines) is 1. The van der Waals surface area contributed by atoms with Gasteiger partial charge in [0.25, 0.3) is 5.91 Å². The van der Waals surface area contributed by atoms with E-state index in [1.807, 2.05) is 60.8 Å². The maximum Gasteiger partial charge on any atom is 0.298 e. The largest absolute Gasteiger partial charge is 0.457 e. The first-order chi connectivity index (χ1) is 16.5. The molecule has 1 atom stereocenters. The predicted molar refractivity (Wildman–Crippen MR) is 132 cm³/mol. The van der Waals surface area contributed by atoms with Crippen molar-refractivity contribution in [3.05, 3.63) is 60.8 Å². The molecule has 2 aromatic carbocycles. The minimum absolute atomic E-state index is 0.0354. The molecule has 8 heteroatoms. The first-order valence-electron chi connectivity index (χ1n) is 11.0. The van der Waals surface area contributed by atoms with Gasteiger partial charge < -0.3 is 25.7 Å². The van der Waals surface area contributed by atoms with E-state index in [-0.39, 0.29) is 17.9 Å². The molecule has 5 rings (SSSR count). The van der Waals surface area contributed by atoms with Crippen LogP contribution in [0.1, 0.15) is 19.4 Å². The highest BCUT2D eigenvalue weighted by Gasteiger charge is 2.29. The van der Waals surface area contributed by atoms with Gasteiger partial charge in [-0.2, -0.15) is 9.97 Å². The molecular weight excluding hydrogens is 428 g/mol. The number of carbonyl (C=O) groups excluding carboxylic acids is 1. The summed E-state index contributed by atoms with van der Waals surface area (Å²) in [6.07, 6.45) is 2.81. The van der Waals surface area contributed by atoms with E-state index in [0.29, 0.717) is 24.6 Å². The van der Waals surface area contributed by atoms with E-state index in [4.69, 9.17) is 16.2 Å². The van der Waals surface area contributed by atoms with Crippen molar-refractivity contribution in [2.45, 2.75) is 19.4 Å². The molecule has 2 aromatic heterocycles. The zero-order valence-corrected chi connectivity index (χ0v) is 18.7. The average Bonchev–Trinajstić information content (AvgIpc) is 3.46. The van der Waals surface area contributed by atoms with Crippen molar-refractivity contribution in [3.8, 4) is 34.5 Å². The van der Waals surface area contributed by atoms with Crippen LogP contribution in [0, 0.1) is 11.8 Å². The molecule has 4 N–H and O–H groups in total. The molecule has 0 bridgehead atoms. The highest BCUT2D eigenvalue weighted by atomic mass is 16.5. The molecule has 1 aliphatic heterocycles. The molecule has 1 amide bonds. The molecule has 170 valence electrons. The van der Waals surface area contributed by atoms with Gasteiger partial charge in [0.1, 0.15) is 23.0 Å². The molecule has 8 nitrogen and oxygen atoms in total. The first-order valence-corrected chi connectivity index (χ1v) is 11.0. The van der Waals surface area contributed by atoms with Gasteiger partial charge in [-0.25, -0.2) is 0 Å². The summed E-state index contributed by atoms with van der Waals surface area (Å²) >= 11 is 0. The van der Waals surface area contributed by atoms with Crippen LogP contribution in [-0.2, 0) is 4.79 Å². The fraction of sp³-hybridized carbons (Fsp3) is 0.192. The summed E-state index contributed by atoms with van der Waals surface area (Å²) in [5, 5.41) is 0.740. The minimum Gasteiger partial charge on any atom is -0.457 e. The summed E-state index contributed by atoms with van der Waals surface area (Å²) in [4.78, 5) is 22.7. The summed E-state index contributed by atoms with van der Waals surface area (Å²) in [7, 11) is 0. The quantitative estimate of drug-likeness (QED) is 0.455. The minimum atomic E-state index is -0.163. The smallest absolute Gasteiger partial charge is 0.298 e. The topological polar surface area (TPSA) is 112 Å². The van der Waals surface area contributed by atoms with Gasteiger partial charge in [-0.1, -0.05) is 36.3 Å². The van der Waals surface area contributed by atoms with E-state index in [0.717, 1.165) is 34.4 Å². The number of benzene rings is 2. The number of para-hydroxylation sites is 1. The van der Waals surface area contributed by atoms with Crippen LogP contribution >= 0.6 is 0 Å². The van der Waals surface area contributed by atoms with E-state index >= 15 is 0 Å². The van der Waals surface area contributed by atoms with E-state index in [2.05, 4.69) is 26.4 Å². The second kappa shape index (κ2) is 8.79. The molecule has 0 saturated carbocycles. The predicted octanol–water partition coefficient (Wildman–Crippen LogP) is 3.85. The molecule has 1 aliphatic rings. The second-order valence-electron chi connectivity index (χ2n) is 8.12. The Hall–Kier alpha value is -4.51. The van der Waals surface area contributed by atoms with Crippen LogP contribution in [-0.4, -0.2) is 38.4 Å². The van der Waals surface area contributed by atoms with Gasteiger partial charge >= 0.3 is 0 Å². The van der Waals surface area contributed by atoms with E-state index in [9.17, 15) is 4.79 Å². The number of aromatic nitrogens is 3. The van der Waals surface area contributed by atoms with Gasteiger partial charge in [0.15, 0.2) is 0 Å². The van der Waals surface area contributed by atoms with Crippen molar-refractivity contribution in [2.75, 3.05) is 24.6 Å². The normalized spacial score (nSPS) is 15.2. The number of carbonyl (C=O) groups is 1. The van der Waals surface area contributed by atoms with Gasteiger partial charge in [-0.3, -0.25) is 4.79 Å². The molecule has 1 fully saturated rings. The van der Waals surface area contributed by atoms with Crippen LogP contribution < -0.4 is 16.2 Å². The average molecular weight is 453 g/mol. The lowest BCUT2D eigenvalue weighted by atomic mass is 10.1. The third-order valence-corrected chi connectivity index (χ3v) is 5.94. The van der Waals surface area contributed by atoms with E-state index < -0.39 is 0 Å². The number of nitrogens with two attached hydrogens (primary N) is 2. The number of anilines is 2. The van der Waals surface area contributed by atoms with E-state index in [1.54, 1.807) is 11.8 Å². The Bertz CT molecular complexity index is 1420. The monoisotopic (exact) mass is 452 g/mol. The second-order valence-corrected chi connectivity index (χ2v) is 8.12. The summed E-state index contributed by atoms with van der Waals surface area (Å²) < 4.78 is 7.97. The van der Waals surface area contributed by atoms with Crippen molar-refractivity contribution in [1.29, 1.82) is 0 Å². The summed E-state index contributed by atoms with van der Waals surface area (Å²) in [6, 6.07) is 17.5. The summed E-state index contributed by atoms with van der Waals surface area (Å²) in [6.45, 7) is 2.84. The number of amides is 1. The molecular formula is C26H24N6O2. The highest BCUT2D eigenvalue weighted by molar-refractivity contribution is 6.01. The van der Waals surface area contributed by atoms with Crippen LogP contribution in [0.3, 0.4) is 0 Å². The lowest BCUT2D eigenvalue weighted by Gasteiger charge is -2.15. The van der Waals surface area contributed by atoms with Crippen LogP contribution in [0.25, 0.3) is 22.2 Å². The van der Waals surface area contributed by atoms with Crippen molar-refractivity contribution >= 4 is 28.7 Å². The number of ether oxygens (including phenoxy) is 1. The third-order valence-electron chi connectivity index (χ3n) is 5.94. The standard InChI is InChI=1S/C26H24N6O2/c1-2-6-22(33)31-14-13-18(15-31)32-16-21(23-24(27)29-26(28)30-25(23)32)17-9-11-20(12-10-17)34-19-7-4-3-5-8-19/h3-5,7-12,16,18H,13-15H2,1H3,(H4,27,28,29,30)/t18-/m0/s1. The highest BCUT2D eigenvalue weighted by Crippen LogP contribution is 2.37. The molecule has 3 heterocycles. The maximum atomic E-state index is 12.2. The Morgan fingerprint density at radius 3 is 2.53 bits per heavy atom. The lowest BCUT2D eigenvalue weighted by molar-refractivity contribution is -0.124. The first kappa shape index (κ1) is 21.3. The Kier molecular flexibility index (Phi) is 5.52. The zero-order chi connectivity index (χ0) is 23.7. The van der Waals surface area contributed by atoms with Crippen LogP contribution in [0.4, 0.5) is 11.8 Å². The van der Waals surface area contributed by atoms with Crippen molar-refractivity contribution in [1.82, 2.24) is 19.4 Å². The summed E-state index contributed by atoms with van der Waals surface area (Å²) in [5.41, 5.74) is 14.7. The molecule has 0 aliphatic carbocycles. The maximum absolute atomic E-state index is 12.2. The number of hydrogen-bond acceptors (Lipinski definition) is 6. The lowest BCUT2D eigenvalue weighted by Crippen LogP contribution is -2.27. The van der Waals surface area contributed by atoms with E-state index in [1.165, 1.54) is 0 Å². The molecule has 1 saturated heterocycles. The van der Waals surface area contributed by atoms with Crippen molar-refractivity contribution in [2.24, 2.45) is 0 Å². The Balaban J connectivity index is 1.51. The Labute approximate surface area is 197 Å². The molecule has 34 heavy (non-hydrogen) atoms. The third kappa shape index (κ3) is 3.99. The number of rotatable bonds is 4. The van der Waals surface area contributed by atoms with Gasteiger partial charge in [-0.05, 0) is 49.1 Å². The number of nitrogen functional groups attached to an aromatic ring is 2. The van der Waals surface area contributed by atoms with Crippen molar-refractivity contribution < 1.29 is 9.53 Å². The number of nitrogens with zero attached hydrogens (tertiary/aromatic N) is 4. The molecule has 0 unspecified atom stereocenters. The van der Waals surface area contributed by atoms with Crippen LogP contribution in [0.15, 0.2) is 60.8 Å². The van der Waals surface area contributed by atoms with Crippen molar-refractivity contribution in [3.63, 3.8) is 0 Å². The molecule has 0 radical (unpaired) electrons. The van der Waals surface area contributed by atoms with Gasteiger partial charge in [0.2, 0.25) is 5.95 Å². The Morgan fingerprint density at radius 2 is 1.79 bits per heavy atom. The Morgan fingerprint density at radius 1 is 1.06 bits per heavy atom. The molecule has 4 aromatic rings. The number of fused-ring (bicyclic) bond motifs is 1. The zero-order valence-electron chi connectivity index (χ0n) is 18.7. The summed E-state index contributed by atoms with van der Waals surface area (Å²) in [5.74, 6) is 7.07.